The van der Waals surface area contributed by atoms with Gasteiger partial charge in [0.1, 0.15) is 6.04 Å². The molecule has 4 nitrogen and oxygen atoms in total. The van der Waals surface area contributed by atoms with E-state index in [1.54, 1.807) is 0 Å². The van der Waals surface area contributed by atoms with Crippen molar-refractivity contribution in [2.75, 3.05) is 32.9 Å². The lowest BCUT2D eigenvalue weighted by molar-refractivity contribution is -0.151. The van der Waals surface area contributed by atoms with Gasteiger partial charge in [0.25, 0.3) is 0 Å². The van der Waals surface area contributed by atoms with Crippen LogP contribution in [0.15, 0.2) is 0 Å². The van der Waals surface area contributed by atoms with E-state index in [0.717, 1.165) is 39.1 Å². The maximum Gasteiger partial charge on any atom is 0.323 e. The van der Waals surface area contributed by atoms with Crippen LogP contribution in [-0.2, 0) is 14.3 Å². The van der Waals surface area contributed by atoms with Crippen molar-refractivity contribution < 1.29 is 14.3 Å². The average Bonchev–Trinajstić information content (AvgIpc) is 2.40. The molecule has 0 N–H and O–H groups in total. The number of rotatable bonds is 8. The van der Waals surface area contributed by atoms with Gasteiger partial charge in [-0.2, -0.15) is 0 Å². The lowest BCUT2D eigenvalue weighted by Gasteiger charge is -2.32. The lowest BCUT2D eigenvalue weighted by Crippen LogP contribution is -2.48. The maximum atomic E-state index is 12.0. The van der Waals surface area contributed by atoms with Crippen LogP contribution in [0.2, 0.25) is 0 Å². The van der Waals surface area contributed by atoms with Crippen molar-refractivity contribution in [3.63, 3.8) is 0 Å². The van der Waals surface area contributed by atoms with Gasteiger partial charge in [0.2, 0.25) is 0 Å². The van der Waals surface area contributed by atoms with Crippen LogP contribution in [0.25, 0.3) is 0 Å². The summed E-state index contributed by atoms with van der Waals surface area (Å²) in [5.74, 6) is -0.0594. The predicted molar refractivity (Wildman–Crippen MR) is 71.6 cm³/mol. The molecule has 0 saturated carbocycles. The Labute approximate surface area is 111 Å². The Bertz CT molecular complexity index is 227. The van der Waals surface area contributed by atoms with Gasteiger partial charge in [0.05, 0.1) is 19.8 Å². The van der Waals surface area contributed by atoms with E-state index in [0.29, 0.717) is 6.61 Å². The molecule has 0 unspecified atom stereocenters. The molecule has 0 radical (unpaired) electrons. The standard InChI is InChI=1S/C14H27NO3/c1-3-5-6-7-8-13(14(16)18-4-2)15-9-11-17-12-10-15/h13H,3-12H2,1-2H3/t13-/m1/s1. The highest BCUT2D eigenvalue weighted by atomic mass is 16.5. The summed E-state index contributed by atoms with van der Waals surface area (Å²) >= 11 is 0. The van der Waals surface area contributed by atoms with Crippen LogP contribution >= 0.6 is 0 Å². The first-order chi connectivity index (χ1) is 8.79. The number of hydrogen-bond acceptors (Lipinski definition) is 4. The lowest BCUT2D eigenvalue weighted by atomic mass is 10.1. The van der Waals surface area contributed by atoms with Gasteiger partial charge in [-0.3, -0.25) is 9.69 Å². The zero-order chi connectivity index (χ0) is 13.2. The van der Waals surface area contributed by atoms with Crippen LogP contribution in [0, 0.1) is 0 Å². The molecule has 1 aliphatic heterocycles. The zero-order valence-electron chi connectivity index (χ0n) is 11.8. The Balaban J connectivity index is 2.42. The third-order valence-corrected chi connectivity index (χ3v) is 3.38. The van der Waals surface area contributed by atoms with Gasteiger partial charge >= 0.3 is 5.97 Å². The van der Waals surface area contributed by atoms with Crippen LogP contribution in [-0.4, -0.2) is 49.8 Å². The number of carbonyl (C=O) groups excluding carboxylic acids is 1. The second kappa shape index (κ2) is 9.34. The molecule has 1 fully saturated rings. The molecule has 1 atom stereocenters. The number of unbranched alkanes of at least 4 members (excludes halogenated alkanes) is 3. The summed E-state index contributed by atoms with van der Waals surface area (Å²) in [5, 5.41) is 0. The van der Waals surface area contributed by atoms with E-state index in [1.807, 2.05) is 6.92 Å². The molecular formula is C14H27NO3. The Morgan fingerprint density at radius 2 is 1.94 bits per heavy atom. The summed E-state index contributed by atoms with van der Waals surface area (Å²) in [5.41, 5.74) is 0. The van der Waals surface area contributed by atoms with Gasteiger partial charge < -0.3 is 9.47 Å². The summed E-state index contributed by atoms with van der Waals surface area (Å²) in [6.45, 7) is 7.68. The van der Waals surface area contributed by atoms with E-state index < -0.39 is 0 Å². The van der Waals surface area contributed by atoms with E-state index >= 15 is 0 Å². The fourth-order valence-electron chi connectivity index (χ4n) is 2.34. The fourth-order valence-corrected chi connectivity index (χ4v) is 2.34. The smallest absolute Gasteiger partial charge is 0.323 e. The van der Waals surface area contributed by atoms with Crippen molar-refractivity contribution >= 4 is 5.97 Å². The number of esters is 1. The first kappa shape index (κ1) is 15.4. The predicted octanol–water partition coefficient (Wildman–Crippen LogP) is 2.22. The molecule has 1 saturated heterocycles. The van der Waals surface area contributed by atoms with Crippen LogP contribution in [0.4, 0.5) is 0 Å². The molecular weight excluding hydrogens is 230 g/mol. The summed E-state index contributed by atoms with van der Waals surface area (Å²) in [6.07, 6.45) is 5.70. The van der Waals surface area contributed by atoms with Crippen LogP contribution in [0.3, 0.4) is 0 Å². The SMILES string of the molecule is CCCCCC[C@H](C(=O)OCC)N1CCOCC1. The minimum atomic E-state index is -0.0642. The zero-order valence-corrected chi connectivity index (χ0v) is 11.8. The summed E-state index contributed by atoms with van der Waals surface area (Å²) in [7, 11) is 0. The summed E-state index contributed by atoms with van der Waals surface area (Å²) in [6, 6.07) is -0.0642. The van der Waals surface area contributed by atoms with Crippen LogP contribution in [0.5, 0.6) is 0 Å². The van der Waals surface area contributed by atoms with Crippen LogP contribution in [0.1, 0.15) is 46.0 Å². The summed E-state index contributed by atoms with van der Waals surface area (Å²) in [4.78, 5) is 14.2. The van der Waals surface area contributed by atoms with Crippen molar-refractivity contribution in [2.24, 2.45) is 0 Å². The van der Waals surface area contributed by atoms with Gasteiger partial charge in [-0.05, 0) is 13.3 Å². The van der Waals surface area contributed by atoms with E-state index in [-0.39, 0.29) is 12.0 Å². The maximum absolute atomic E-state index is 12.0. The molecule has 0 aromatic rings. The number of carbonyl (C=O) groups is 1. The fraction of sp³-hybridized carbons (Fsp3) is 0.929. The van der Waals surface area contributed by atoms with Gasteiger partial charge in [-0.1, -0.05) is 32.6 Å². The van der Waals surface area contributed by atoms with Crippen molar-refractivity contribution in [3.8, 4) is 0 Å². The molecule has 0 amide bonds. The molecule has 18 heavy (non-hydrogen) atoms. The quantitative estimate of drug-likeness (QED) is 0.494. The largest absolute Gasteiger partial charge is 0.465 e. The number of ether oxygens (including phenoxy) is 2. The average molecular weight is 257 g/mol. The van der Waals surface area contributed by atoms with Crippen molar-refractivity contribution in [2.45, 2.75) is 52.0 Å². The Hall–Kier alpha value is -0.610. The van der Waals surface area contributed by atoms with E-state index in [9.17, 15) is 4.79 Å². The van der Waals surface area contributed by atoms with Gasteiger partial charge in [-0.15, -0.1) is 0 Å². The third kappa shape index (κ3) is 5.36. The molecule has 0 bridgehead atoms. The van der Waals surface area contributed by atoms with E-state index in [2.05, 4.69) is 11.8 Å². The molecule has 0 spiro atoms. The minimum Gasteiger partial charge on any atom is -0.465 e. The Morgan fingerprint density at radius 1 is 1.22 bits per heavy atom. The highest BCUT2D eigenvalue weighted by Crippen LogP contribution is 2.14. The second-order valence-corrected chi connectivity index (χ2v) is 4.77. The Kier molecular flexibility index (Phi) is 8.01. The van der Waals surface area contributed by atoms with Crippen molar-refractivity contribution in [3.05, 3.63) is 0 Å². The molecule has 106 valence electrons. The molecule has 1 aliphatic rings. The van der Waals surface area contributed by atoms with Gasteiger partial charge in [0.15, 0.2) is 0 Å². The topological polar surface area (TPSA) is 38.8 Å². The second-order valence-electron chi connectivity index (χ2n) is 4.77. The molecule has 0 aromatic carbocycles. The number of hydrogen-bond donors (Lipinski definition) is 0. The van der Waals surface area contributed by atoms with E-state index in [4.69, 9.17) is 9.47 Å². The molecule has 0 aromatic heterocycles. The highest BCUT2D eigenvalue weighted by Gasteiger charge is 2.27. The van der Waals surface area contributed by atoms with Gasteiger partial charge in [0, 0.05) is 13.1 Å². The molecule has 1 rings (SSSR count). The van der Waals surface area contributed by atoms with Crippen molar-refractivity contribution in [1.82, 2.24) is 4.90 Å². The minimum absolute atomic E-state index is 0.0594. The molecule has 0 aliphatic carbocycles. The first-order valence-electron chi connectivity index (χ1n) is 7.28. The highest BCUT2D eigenvalue weighted by molar-refractivity contribution is 5.75. The van der Waals surface area contributed by atoms with Crippen LogP contribution < -0.4 is 0 Å². The van der Waals surface area contributed by atoms with Crippen molar-refractivity contribution in [1.29, 1.82) is 0 Å². The first-order valence-corrected chi connectivity index (χ1v) is 7.28. The molecule has 1 heterocycles. The monoisotopic (exact) mass is 257 g/mol. The summed E-state index contributed by atoms with van der Waals surface area (Å²) < 4.78 is 10.5. The normalized spacial score (nSPS) is 18.6. The van der Waals surface area contributed by atoms with Gasteiger partial charge in [-0.25, -0.2) is 0 Å². The third-order valence-electron chi connectivity index (χ3n) is 3.38. The molecule has 4 heteroatoms. The number of morpholine rings is 1. The van der Waals surface area contributed by atoms with E-state index in [1.165, 1.54) is 19.3 Å². The Morgan fingerprint density at radius 3 is 2.56 bits per heavy atom. The number of nitrogens with zero attached hydrogens (tertiary/aromatic N) is 1.